The van der Waals surface area contributed by atoms with Crippen molar-refractivity contribution in [1.82, 2.24) is 19.2 Å². The topological polar surface area (TPSA) is 84.3 Å². The molecule has 1 heterocycles. The Hall–Kier alpha value is -2.42. The van der Waals surface area contributed by atoms with Gasteiger partial charge in [-0.15, -0.1) is 0 Å². The second-order valence-electron chi connectivity index (χ2n) is 6.67. The molecule has 0 fully saturated rings. The quantitative estimate of drug-likeness (QED) is 0.569. The first-order valence-electron chi connectivity index (χ1n) is 9.85. The van der Waals surface area contributed by atoms with Gasteiger partial charge in [-0.3, -0.25) is 4.79 Å². The Morgan fingerprint density at radius 3 is 2.50 bits per heavy atom. The summed E-state index contributed by atoms with van der Waals surface area (Å²) >= 11 is 6.20. The molecule has 1 aromatic heterocycles. The molecule has 160 valence electrons. The molecular formula is C21H25ClN4O3S. The lowest BCUT2D eigenvalue weighted by Gasteiger charge is -2.19. The minimum Gasteiger partial charge on any atom is -0.345 e. The van der Waals surface area contributed by atoms with Crippen molar-refractivity contribution in [2.24, 2.45) is 0 Å². The first-order chi connectivity index (χ1) is 14.3. The third-order valence-electron chi connectivity index (χ3n) is 4.98. The summed E-state index contributed by atoms with van der Waals surface area (Å²) in [6.45, 7) is 7.15. The monoisotopic (exact) mass is 448 g/mol. The summed E-state index contributed by atoms with van der Waals surface area (Å²) in [4.78, 5) is 17.4. The number of para-hydroxylation sites is 2. The van der Waals surface area contributed by atoms with E-state index in [1.807, 2.05) is 35.8 Å². The van der Waals surface area contributed by atoms with E-state index in [9.17, 15) is 13.2 Å². The SMILES string of the molecule is CCN(CC)S(=O)(=O)c1ccc(Cl)c(C(=O)NCc2nc3ccccc3n2CC)c1. The van der Waals surface area contributed by atoms with Gasteiger partial charge in [0.15, 0.2) is 0 Å². The average molecular weight is 449 g/mol. The van der Waals surface area contributed by atoms with E-state index in [4.69, 9.17) is 11.6 Å². The first kappa shape index (κ1) is 22.3. The van der Waals surface area contributed by atoms with Crippen molar-refractivity contribution in [3.05, 3.63) is 58.9 Å². The van der Waals surface area contributed by atoms with E-state index in [2.05, 4.69) is 10.3 Å². The number of rotatable bonds is 8. The molecular weight excluding hydrogens is 424 g/mol. The molecule has 0 atom stereocenters. The number of nitrogens with zero attached hydrogens (tertiary/aromatic N) is 3. The summed E-state index contributed by atoms with van der Waals surface area (Å²) in [5.74, 6) is 0.265. The molecule has 9 heteroatoms. The third kappa shape index (κ3) is 4.21. The van der Waals surface area contributed by atoms with Crippen molar-refractivity contribution < 1.29 is 13.2 Å². The van der Waals surface area contributed by atoms with Gasteiger partial charge >= 0.3 is 0 Å². The van der Waals surface area contributed by atoms with Crippen LogP contribution in [0.4, 0.5) is 0 Å². The molecule has 0 radical (unpaired) electrons. The van der Waals surface area contributed by atoms with E-state index < -0.39 is 15.9 Å². The molecule has 0 aliphatic carbocycles. The zero-order valence-electron chi connectivity index (χ0n) is 17.2. The number of benzene rings is 2. The van der Waals surface area contributed by atoms with Gasteiger partial charge in [0.1, 0.15) is 5.82 Å². The standard InChI is InChI=1S/C21H25ClN4O3S/c1-4-25(5-2)30(28,29)15-11-12-17(22)16(13-15)21(27)23-14-20-24-18-9-7-8-10-19(18)26(20)6-3/h7-13H,4-6,14H2,1-3H3,(H,23,27). The fraction of sp³-hybridized carbons (Fsp3) is 0.333. The molecule has 30 heavy (non-hydrogen) atoms. The number of halogens is 1. The Labute approximate surface area is 181 Å². The minimum atomic E-state index is -3.69. The maximum Gasteiger partial charge on any atom is 0.253 e. The summed E-state index contributed by atoms with van der Waals surface area (Å²) in [5, 5.41) is 3.00. The van der Waals surface area contributed by atoms with Gasteiger partial charge in [0, 0.05) is 19.6 Å². The molecule has 0 aliphatic rings. The fourth-order valence-electron chi connectivity index (χ4n) is 3.42. The predicted molar refractivity (Wildman–Crippen MR) is 118 cm³/mol. The summed E-state index contributed by atoms with van der Waals surface area (Å²) in [6.07, 6.45) is 0. The zero-order chi connectivity index (χ0) is 21.9. The number of imidazole rings is 1. The van der Waals surface area contributed by atoms with Crippen LogP contribution in [0.25, 0.3) is 11.0 Å². The molecule has 7 nitrogen and oxygen atoms in total. The highest BCUT2D eigenvalue weighted by molar-refractivity contribution is 7.89. The molecule has 0 saturated heterocycles. The Morgan fingerprint density at radius 2 is 1.83 bits per heavy atom. The number of hydrogen-bond donors (Lipinski definition) is 1. The van der Waals surface area contributed by atoms with Gasteiger partial charge in [0.25, 0.3) is 5.91 Å². The van der Waals surface area contributed by atoms with Gasteiger partial charge in [0.2, 0.25) is 10.0 Å². The molecule has 0 aliphatic heterocycles. The normalized spacial score (nSPS) is 11.9. The van der Waals surface area contributed by atoms with Gasteiger partial charge in [-0.05, 0) is 37.3 Å². The average Bonchev–Trinajstić information content (AvgIpc) is 3.10. The second kappa shape index (κ2) is 9.16. The highest BCUT2D eigenvalue weighted by atomic mass is 35.5. The molecule has 0 bridgehead atoms. The fourth-order valence-corrected chi connectivity index (χ4v) is 5.11. The first-order valence-corrected chi connectivity index (χ1v) is 11.7. The largest absolute Gasteiger partial charge is 0.345 e. The Morgan fingerprint density at radius 1 is 1.13 bits per heavy atom. The molecule has 1 amide bonds. The van der Waals surface area contributed by atoms with Crippen molar-refractivity contribution >= 4 is 38.6 Å². The highest BCUT2D eigenvalue weighted by Gasteiger charge is 2.24. The van der Waals surface area contributed by atoms with Crippen LogP contribution in [-0.4, -0.2) is 41.3 Å². The molecule has 0 unspecified atom stereocenters. The number of fused-ring (bicyclic) bond motifs is 1. The number of aryl methyl sites for hydroxylation is 1. The number of carbonyl (C=O) groups excluding carboxylic acids is 1. The van der Waals surface area contributed by atoms with E-state index >= 15 is 0 Å². The van der Waals surface area contributed by atoms with Crippen LogP contribution in [0.3, 0.4) is 0 Å². The van der Waals surface area contributed by atoms with E-state index in [0.717, 1.165) is 16.9 Å². The predicted octanol–water partition coefficient (Wildman–Crippen LogP) is 3.67. The number of nitrogens with one attached hydrogen (secondary N) is 1. The minimum absolute atomic E-state index is 0.0431. The van der Waals surface area contributed by atoms with Crippen molar-refractivity contribution in [2.45, 2.75) is 38.8 Å². The number of carbonyl (C=O) groups is 1. The van der Waals surface area contributed by atoms with Crippen molar-refractivity contribution in [3.63, 3.8) is 0 Å². The van der Waals surface area contributed by atoms with Gasteiger partial charge in [-0.1, -0.05) is 37.6 Å². The summed E-state index contributed by atoms with van der Waals surface area (Å²) in [6, 6.07) is 12.0. The third-order valence-corrected chi connectivity index (χ3v) is 7.36. The van der Waals surface area contributed by atoms with Crippen LogP contribution in [0.2, 0.25) is 5.02 Å². The molecule has 3 aromatic rings. The van der Waals surface area contributed by atoms with Crippen LogP contribution in [0.15, 0.2) is 47.4 Å². The van der Waals surface area contributed by atoms with Gasteiger partial charge < -0.3 is 9.88 Å². The van der Waals surface area contributed by atoms with Crippen LogP contribution >= 0.6 is 11.6 Å². The lowest BCUT2D eigenvalue weighted by Crippen LogP contribution is -2.31. The zero-order valence-corrected chi connectivity index (χ0v) is 18.8. The van der Waals surface area contributed by atoms with E-state index in [0.29, 0.717) is 19.6 Å². The Kier molecular flexibility index (Phi) is 6.80. The maximum absolute atomic E-state index is 12.8. The van der Waals surface area contributed by atoms with Crippen molar-refractivity contribution in [3.8, 4) is 0 Å². The second-order valence-corrected chi connectivity index (χ2v) is 9.02. The number of aromatic nitrogens is 2. The van der Waals surface area contributed by atoms with Gasteiger partial charge in [-0.25, -0.2) is 13.4 Å². The van der Waals surface area contributed by atoms with E-state index in [1.54, 1.807) is 13.8 Å². The van der Waals surface area contributed by atoms with Gasteiger partial charge in [0.05, 0.1) is 33.1 Å². The van der Waals surface area contributed by atoms with E-state index in [1.165, 1.54) is 22.5 Å². The summed E-state index contributed by atoms with van der Waals surface area (Å²) < 4.78 is 28.9. The molecule has 3 rings (SSSR count). The molecule has 2 aromatic carbocycles. The maximum atomic E-state index is 12.8. The van der Waals surface area contributed by atoms with Crippen molar-refractivity contribution in [1.29, 1.82) is 0 Å². The summed E-state index contributed by atoms with van der Waals surface area (Å²) in [5.41, 5.74) is 1.97. The van der Waals surface area contributed by atoms with Crippen LogP contribution in [0.1, 0.15) is 37.0 Å². The van der Waals surface area contributed by atoms with Crippen LogP contribution in [0.5, 0.6) is 0 Å². The number of sulfonamides is 1. The lowest BCUT2D eigenvalue weighted by atomic mass is 10.2. The van der Waals surface area contributed by atoms with Crippen molar-refractivity contribution in [2.75, 3.05) is 13.1 Å². The highest BCUT2D eigenvalue weighted by Crippen LogP contribution is 2.23. The molecule has 0 spiro atoms. The Bertz CT molecular complexity index is 1170. The van der Waals surface area contributed by atoms with Crippen LogP contribution < -0.4 is 5.32 Å². The number of amides is 1. The van der Waals surface area contributed by atoms with Gasteiger partial charge in [-0.2, -0.15) is 4.31 Å². The van der Waals surface area contributed by atoms with E-state index in [-0.39, 0.29) is 22.0 Å². The lowest BCUT2D eigenvalue weighted by molar-refractivity contribution is 0.0949. The molecule has 1 N–H and O–H groups in total. The number of hydrogen-bond acceptors (Lipinski definition) is 4. The van der Waals surface area contributed by atoms with Crippen LogP contribution in [0, 0.1) is 0 Å². The van der Waals surface area contributed by atoms with Crippen LogP contribution in [-0.2, 0) is 23.1 Å². The summed E-state index contributed by atoms with van der Waals surface area (Å²) in [7, 11) is -3.69. The molecule has 0 saturated carbocycles. The smallest absolute Gasteiger partial charge is 0.253 e. The Balaban J connectivity index is 1.86.